The van der Waals surface area contributed by atoms with Crippen molar-refractivity contribution in [3.63, 3.8) is 0 Å². The fourth-order valence-corrected chi connectivity index (χ4v) is 2.76. The standard InChI is InChI=1S/C19H20BrN5O4/c20-14-6-4-12(5-7-14)16(9-18(27)28)25-17(26)10-22-19(29)13-2-1-3-15(8-13)23-11-24-21/h1-8,11,16H,9-10,21H2,(H,22,29)(H,23,24)(H,25,26)(H,27,28). The fourth-order valence-electron chi connectivity index (χ4n) is 2.49. The molecule has 6 N–H and O–H groups in total. The van der Waals surface area contributed by atoms with Crippen molar-refractivity contribution in [1.82, 2.24) is 10.6 Å². The Bertz CT molecular complexity index is 902. The lowest BCUT2D eigenvalue weighted by molar-refractivity contribution is -0.137. The Morgan fingerprint density at radius 3 is 2.55 bits per heavy atom. The van der Waals surface area contributed by atoms with Gasteiger partial charge in [-0.2, -0.15) is 5.10 Å². The molecule has 0 saturated heterocycles. The van der Waals surface area contributed by atoms with Crippen LogP contribution in [0.1, 0.15) is 28.4 Å². The molecule has 9 nitrogen and oxygen atoms in total. The summed E-state index contributed by atoms with van der Waals surface area (Å²) >= 11 is 3.31. The minimum atomic E-state index is -1.05. The molecular weight excluding hydrogens is 442 g/mol. The number of rotatable bonds is 9. The highest BCUT2D eigenvalue weighted by molar-refractivity contribution is 9.10. The summed E-state index contributed by atoms with van der Waals surface area (Å²) in [6.45, 7) is -0.298. The number of nitrogens with zero attached hydrogens (tertiary/aromatic N) is 1. The predicted octanol–water partition coefficient (Wildman–Crippen LogP) is 1.82. The Kier molecular flexibility index (Phi) is 8.16. The van der Waals surface area contributed by atoms with Crippen LogP contribution in [0.4, 0.5) is 5.69 Å². The molecule has 0 aliphatic carbocycles. The number of nitrogens with two attached hydrogens (primary N) is 1. The maximum absolute atomic E-state index is 12.3. The Labute approximate surface area is 175 Å². The largest absolute Gasteiger partial charge is 0.481 e. The number of amides is 2. The molecule has 0 spiro atoms. The van der Waals surface area contributed by atoms with Crippen LogP contribution in [-0.4, -0.2) is 35.8 Å². The molecule has 0 aromatic heterocycles. The molecule has 0 saturated carbocycles. The van der Waals surface area contributed by atoms with Gasteiger partial charge >= 0.3 is 5.97 Å². The van der Waals surface area contributed by atoms with Crippen molar-refractivity contribution in [3.05, 3.63) is 64.1 Å². The van der Waals surface area contributed by atoms with Crippen LogP contribution in [0.3, 0.4) is 0 Å². The Morgan fingerprint density at radius 1 is 1.17 bits per heavy atom. The van der Waals surface area contributed by atoms with E-state index >= 15 is 0 Å². The zero-order chi connectivity index (χ0) is 21.2. The van der Waals surface area contributed by atoms with E-state index in [1.807, 2.05) is 0 Å². The minimum Gasteiger partial charge on any atom is -0.481 e. The normalized spacial score (nSPS) is 11.6. The molecule has 0 radical (unpaired) electrons. The summed E-state index contributed by atoms with van der Waals surface area (Å²) in [5.41, 5.74) is 1.59. The van der Waals surface area contributed by atoms with E-state index in [0.29, 0.717) is 16.8 Å². The van der Waals surface area contributed by atoms with E-state index < -0.39 is 23.8 Å². The second kappa shape index (κ2) is 10.8. The van der Waals surface area contributed by atoms with Gasteiger partial charge in [-0.05, 0) is 35.9 Å². The smallest absolute Gasteiger partial charge is 0.305 e. The molecule has 0 bridgehead atoms. The van der Waals surface area contributed by atoms with E-state index in [9.17, 15) is 14.4 Å². The summed E-state index contributed by atoms with van der Waals surface area (Å²) in [5.74, 6) is 3.02. The van der Waals surface area contributed by atoms with Crippen LogP contribution in [0, 0.1) is 0 Å². The third-order valence-electron chi connectivity index (χ3n) is 3.83. The third kappa shape index (κ3) is 7.26. The van der Waals surface area contributed by atoms with Crippen molar-refractivity contribution in [2.24, 2.45) is 10.9 Å². The van der Waals surface area contributed by atoms with E-state index in [2.05, 4.69) is 37.0 Å². The number of carboxylic acids is 1. The first-order valence-corrected chi connectivity index (χ1v) is 9.31. The summed E-state index contributed by atoms with van der Waals surface area (Å²) < 4.78 is 0.836. The number of benzene rings is 2. The lowest BCUT2D eigenvalue weighted by Crippen LogP contribution is -2.39. The molecule has 152 valence electrons. The first-order valence-electron chi connectivity index (χ1n) is 8.52. The average Bonchev–Trinajstić information content (AvgIpc) is 2.70. The summed E-state index contributed by atoms with van der Waals surface area (Å²) in [5, 5.41) is 20.4. The first-order chi connectivity index (χ1) is 13.9. The molecule has 2 rings (SSSR count). The second-order valence-corrected chi connectivity index (χ2v) is 6.87. The van der Waals surface area contributed by atoms with Gasteiger partial charge in [0.05, 0.1) is 19.0 Å². The van der Waals surface area contributed by atoms with Crippen LogP contribution in [0.2, 0.25) is 0 Å². The zero-order valence-corrected chi connectivity index (χ0v) is 16.8. The van der Waals surface area contributed by atoms with Crippen molar-refractivity contribution in [3.8, 4) is 0 Å². The SMILES string of the molecule is NN=CNc1cccc(C(=O)NCC(=O)NC(CC(=O)O)c2ccc(Br)cc2)c1. The maximum atomic E-state index is 12.3. The van der Waals surface area contributed by atoms with Gasteiger partial charge in [-0.3, -0.25) is 14.4 Å². The van der Waals surface area contributed by atoms with E-state index in [4.69, 9.17) is 10.9 Å². The van der Waals surface area contributed by atoms with Gasteiger partial charge in [-0.25, -0.2) is 0 Å². The van der Waals surface area contributed by atoms with Gasteiger partial charge in [0, 0.05) is 15.7 Å². The molecule has 0 aliphatic heterocycles. The Morgan fingerprint density at radius 2 is 1.90 bits per heavy atom. The van der Waals surface area contributed by atoms with Gasteiger partial charge in [0.25, 0.3) is 5.91 Å². The van der Waals surface area contributed by atoms with Crippen LogP contribution in [0.25, 0.3) is 0 Å². The van der Waals surface area contributed by atoms with E-state index in [1.54, 1.807) is 48.5 Å². The van der Waals surface area contributed by atoms with Crippen LogP contribution in [0.15, 0.2) is 58.1 Å². The molecule has 1 atom stereocenters. The topological polar surface area (TPSA) is 146 Å². The number of hydrogen-bond donors (Lipinski definition) is 5. The number of hydrogen-bond acceptors (Lipinski definition) is 5. The molecule has 2 aromatic carbocycles. The highest BCUT2D eigenvalue weighted by Crippen LogP contribution is 2.19. The molecule has 0 fully saturated rings. The van der Waals surface area contributed by atoms with Crippen molar-refractivity contribution in [2.45, 2.75) is 12.5 Å². The zero-order valence-electron chi connectivity index (χ0n) is 15.3. The lowest BCUT2D eigenvalue weighted by Gasteiger charge is -2.18. The predicted molar refractivity (Wildman–Crippen MR) is 112 cm³/mol. The highest BCUT2D eigenvalue weighted by atomic mass is 79.9. The first kappa shape index (κ1) is 21.9. The number of aliphatic carboxylic acids is 1. The third-order valence-corrected chi connectivity index (χ3v) is 4.36. The van der Waals surface area contributed by atoms with E-state index in [1.165, 1.54) is 6.34 Å². The highest BCUT2D eigenvalue weighted by Gasteiger charge is 2.18. The van der Waals surface area contributed by atoms with Crippen LogP contribution in [-0.2, 0) is 9.59 Å². The molecule has 0 heterocycles. The average molecular weight is 462 g/mol. The summed E-state index contributed by atoms with van der Waals surface area (Å²) in [6, 6.07) is 12.8. The van der Waals surface area contributed by atoms with Gasteiger partial charge in [-0.15, -0.1) is 0 Å². The summed E-state index contributed by atoms with van der Waals surface area (Å²) in [4.78, 5) is 35.7. The van der Waals surface area contributed by atoms with Crippen molar-refractivity contribution in [2.75, 3.05) is 11.9 Å². The number of carbonyl (C=O) groups is 3. The van der Waals surface area contributed by atoms with Gasteiger partial charge in [0.15, 0.2) is 0 Å². The monoisotopic (exact) mass is 461 g/mol. The van der Waals surface area contributed by atoms with Crippen LogP contribution in [0.5, 0.6) is 0 Å². The molecule has 1 unspecified atom stereocenters. The minimum absolute atomic E-state index is 0.280. The number of carbonyl (C=O) groups excluding carboxylic acids is 2. The molecule has 2 aromatic rings. The van der Waals surface area contributed by atoms with Gasteiger partial charge < -0.3 is 26.9 Å². The molecule has 0 aliphatic rings. The molecule has 29 heavy (non-hydrogen) atoms. The number of hydrazone groups is 1. The lowest BCUT2D eigenvalue weighted by atomic mass is 10.0. The number of halogens is 1. The number of carboxylic acid groups (broad SMARTS) is 1. The van der Waals surface area contributed by atoms with Crippen molar-refractivity contribution in [1.29, 1.82) is 0 Å². The molecule has 2 amide bonds. The van der Waals surface area contributed by atoms with Crippen molar-refractivity contribution < 1.29 is 19.5 Å². The van der Waals surface area contributed by atoms with Crippen LogP contribution >= 0.6 is 15.9 Å². The fraction of sp³-hybridized carbons (Fsp3) is 0.158. The Hall–Kier alpha value is -3.40. The van der Waals surface area contributed by atoms with Crippen LogP contribution < -0.4 is 21.8 Å². The summed E-state index contributed by atoms with van der Waals surface area (Å²) in [6.07, 6.45) is 0.993. The number of nitrogens with one attached hydrogen (secondary N) is 3. The van der Waals surface area contributed by atoms with Gasteiger partial charge in [0.2, 0.25) is 5.91 Å². The maximum Gasteiger partial charge on any atom is 0.305 e. The summed E-state index contributed by atoms with van der Waals surface area (Å²) in [7, 11) is 0. The van der Waals surface area contributed by atoms with Gasteiger partial charge in [-0.1, -0.05) is 34.1 Å². The van der Waals surface area contributed by atoms with Gasteiger partial charge in [0.1, 0.15) is 6.34 Å². The van der Waals surface area contributed by atoms with Crippen molar-refractivity contribution >= 4 is 45.7 Å². The van der Waals surface area contributed by atoms with E-state index in [0.717, 1.165) is 4.47 Å². The van der Waals surface area contributed by atoms with E-state index in [-0.39, 0.29) is 13.0 Å². The Balaban J connectivity index is 1.96. The number of anilines is 1. The molecule has 10 heteroatoms. The molecular formula is C19H20BrN5O4. The second-order valence-electron chi connectivity index (χ2n) is 5.96. The quantitative estimate of drug-likeness (QED) is 0.166.